The van der Waals surface area contributed by atoms with E-state index in [1.807, 2.05) is 6.07 Å². The molecule has 0 unspecified atom stereocenters. The summed E-state index contributed by atoms with van der Waals surface area (Å²) in [5.41, 5.74) is 1.20. The van der Waals surface area contributed by atoms with Crippen molar-refractivity contribution in [3.63, 3.8) is 0 Å². The predicted octanol–water partition coefficient (Wildman–Crippen LogP) is 2.14. The number of hydrogen-bond donors (Lipinski definition) is 0. The zero-order valence-electron chi connectivity index (χ0n) is 14.1. The predicted molar refractivity (Wildman–Crippen MR) is 94.5 cm³/mol. The largest absolute Gasteiger partial charge is 0.339 e. The van der Waals surface area contributed by atoms with E-state index < -0.39 is 10.0 Å². The lowest BCUT2D eigenvalue weighted by molar-refractivity contribution is 0.0792. The summed E-state index contributed by atoms with van der Waals surface area (Å²) in [6.07, 6.45) is 3.68. The minimum Gasteiger partial charge on any atom is -0.339 e. The first kappa shape index (κ1) is 17.6. The highest BCUT2D eigenvalue weighted by Gasteiger charge is 2.23. The van der Waals surface area contributed by atoms with Crippen molar-refractivity contribution in [3.8, 4) is 0 Å². The van der Waals surface area contributed by atoms with Crippen molar-refractivity contribution in [3.05, 3.63) is 59.9 Å². The van der Waals surface area contributed by atoms with Crippen molar-refractivity contribution in [1.82, 2.24) is 14.2 Å². The molecule has 0 N–H and O–H groups in total. The number of sulfonamides is 1. The number of pyridine rings is 1. The smallest absolute Gasteiger partial charge is 0.253 e. The van der Waals surface area contributed by atoms with Crippen molar-refractivity contribution in [2.45, 2.75) is 24.3 Å². The lowest BCUT2D eigenvalue weighted by Gasteiger charge is -2.18. The molecule has 1 fully saturated rings. The second-order valence-corrected chi connectivity index (χ2v) is 8.15. The first-order valence-corrected chi connectivity index (χ1v) is 9.68. The van der Waals surface area contributed by atoms with Crippen LogP contribution in [0.3, 0.4) is 0 Å². The van der Waals surface area contributed by atoms with E-state index in [1.165, 1.54) is 23.5 Å². The highest BCUT2D eigenvalue weighted by atomic mass is 32.2. The number of rotatable bonds is 5. The van der Waals surface area contributed by atoms with Gasteiger partial charge in [0.15, 0.2) is 0 Å². The Morgan fingerprint density at radius 2 is 1.80 bits per heavy atom. The molecule has 1 aromatic carbocycles. The maximum absolute atomic E-state index is 12.7. The average molecular weight is 359 g/mol. The van der Waals surface area contributed by atoms with Gasteiger partial charge in [-0.1, -0.05) is 6.07 Å². The third-order valence-corrected chi connectivity index (χ3v) is 6.13. The number of aromatic nitrogens is 1. The number of carbonyl (C=O) groups excluding carboxylic acids is 1. The quantitative estimate of drug-likeness (QED) is 0.820. The van der Waals surface area contributed by atoms with Gasteiger partial charge in [0.25, 0.3) is 5.91 Å². The maximum atomic E-state index is 12.7. The zero-order valence-corrected chi connectivity index (χ0v) is 14.9. The summed E-state index contributed by atoms with van der Waals surface area (Å²) in [6.45, 7) is 1.73. The molecule has 2 heterocycles. The van der Waals surface area contributed by atoms with Crippen LogP contribution in [0, 0.1) is 0 Å². The third kappa shape index (κ3) is 3.88. The topological polar surface area (TPSA) is 70.6 Å². The van der Waals surface area contributed by atoms with Gasteiger partial charge in [0.05, 0.1) is 17.1 Å². The Morgan fingerprint density at radius 1 is 1.12 bits per heavy atom. The van der Waals surface area contributed by atoms with Crippen LogP contribution in [0.4, 0.5) is 0 Å². The second kappa shape index (κ2) is 7.33. The molecule has 7 heteroatoms. The normalized spacial score (nSPS) is 14.9. The first-order chi connectivity index (χ1) is 12.0. The molecular weight excluding hydrogens is 338 g/mol. The Balaban J connectivity index is 1.74. The Hall–Kier alpha value is -2.25. The second-order valence-electron chi connectivity index (χ2n) is 6.11. The van der Waals surface area contributed by atoms with Gasteiger partial charge in [0.2, 0.25) is 10.0 Å². The summed E-state index contributed by atoms with van der Waals surface area (Å²) < 4.78 is 26.6. The Bertz CT molecular complexity index is 830. The van der Waals surface area contributed by atoms with Crippen molar-refractivity contribution in [1.29, 1.82) is 0 Å². The monoisotopic (exact) mass is 359 g/mol. The van der Waals surface area contributed by atoms with Crippen LogP contribution in [0.25, 0.3) is 0 Å². The van der Waals surface area contributed by atoms with Crippen LogP contribution in [0.15, 0.2) is 53.6 Å². The number of benzene rings is 1. The van der Waals surface area contributed by atoms with Crippen LogP contribution in [-0.2, 0) is 16.6 Å². The molecule has 2 aromatic rings. The lowest BCUT2D eigenvalue weighted by atomic mass is 10.2. The summed E-state index contributed by atoms with van der Waals surface area (Å²) in [5, 5.41) is 0. The molecule has 1 aliphatic heterocycles. The summed E-state index contributed by atoms with van der Waals surface area (Å²) >= 11 is 0. The SMILES string of the molecule is CN(Cc1ccccn1)S(=O)(=O)c1ccc(C(=O)N2CCCC2)cc1. The summed E-state index contributed by atoms with van der Waals surface area (Å²) in [6, 6.07) is 11.5. The Labute approximate surface area is 148 Å². The van der Waals surface area contributed by atoms with Gasteiger partial charge in [-0.15, -0.1) is 0 Å². The molecule has 3 rings (SSSR count). The van der Waals surface area contributed by atoms with Crippen LogP contribution in [0.1, 0.15) is 28.9 Å². The van der Waals surface area contributed by atoms with Crippen LogP contribution in [0.2, 0.25) is 0 Å². The average Bonchev–Trinajstić information content (AvgIpc) is 3.16. The minimum atomic E-state index is -3.63. The molecule has 1 saturated heterocycles. The van der Waals surface area contributed by atoms with E-state index in [1.54, 1.807) is 35.4 Å². The number of nitrogens with zero attached hydrogens (tertiary/aromatic N) is 3. The molecule has 1 aromatic heterocycles. The van der Waals surface area contributed by atoms with E-state index in [0.717, 1.165) is 25.9 Å². The number of carbonyl (C=O) groups is 1. The summed E-state index contributed by atoms with van der Waals surface area (Å²) in [5.74, 6) is -0.0386. The van der Waals surface area contributed by atoms with E-state index in [-0.39, 0.29) is 17.3 Å². The molecule has 0 aliphatic carbocycles. The van der Waals surface area contributed by atoms with Crippen molar-refractivity contribution < 1.29 is 13.2 Å². The molecule has 0 atom stereocenters. The van der Waals surface area contributed by atoms with Gasteiger partial charge in [-0.2, -0.15) is 4.31 Å². The van der Waals surface area contributed by atoms with Gasteiger partial charge in [-0.3, -0.25) is 9.78 Å². The molecular formula is C18H21N3O3S. The molecule has 0 spiro atoms. The molecule has 0 saturated carbocycles. The van der Waals surface area contributed by atoms with Crippen molar-refractivity contribution in [2.24, 2.45) is 0 Å². The van der Waals surface area contributed by atoms with E-state index in [4.69, 9.17) is 0 Å². The van der Waals surface area contributed by atoms with E-state index >= 15 is 0 Å². The molecule has 0 radical (unpaired) electrons. The zero-order chi connectivity index (χ0) is 17.9. The highest BCUT2D eigenvalue weighted by Crippen LogP contribution is 2.19. The number of amides is 1. The molecule has 132 valence electrons. The molecule has 1 aliphatic rings. The standard InChI is InChI=1S/C18H21N3O3S/c1-20(14-16-6-2-3-11-19-16)25(23,24)17-9-7-15(8-10-17)18(22)21-12-4-5-13-21/h2-3,6-11H,4-5,12-14H2,1H3. The highest BCUT2D eigenvalue weighted by molar-refractivity contribution is 7.89. The van der Waals surface area contributed by atoms with Crippen molar-refractivity contribution >= 4 is 15.9 Å². The van der Waals surface area contributed by atoms with Crippen LogP contribution < -0.4 is 0 Å². The van der Waals surface area contributed by atoms with Gasteiger partial charge in [-0.25, -0.2) is 8.42 Å². The maximum Gasteiger partial charge on any atom is 0.253 e. The first-order valence-electron chi connectivity index (χ1n) is 8.24. The fourth-order valence-electron chi connectivity index (χ4n) is 2.86. The summed E-state index contributed by atoms with van der Waals surface area (Å²) in [7, 11) is -2.11. The summed E-state index contributed by atoms with van der Waals surface area (Å²) in [4.78, 5) is 18.5. The van der Waals surface area contributed by atoms with Gasteiger partial charge < -0.3 is 4.90 Å². The number of likely N-dealkylation sites (tertiary alicyclic amines) is 1. The molecule has 6 nitrogen and oxygen atoms in total. The third-order valence-electron chi connectivity index (χ3n) is 4.31. The van der Waals surface area contributed by atoms with Crippen LogP contribution in [-0.4, -0.2) is 48.7 Å². The van der Waals surface area contributed by atoms with Gasteiger partial charge in [-0.05, 0) is 49.2 Å². The molecule has 1 amide bonds. The Kier molecular flexibility index (Phi) is 5.15. The van der Waals surface area contributed by atoms with Gasteiger partial charge in [0.1, 0.15) is 0 Å². The molecule has 25 heavy (non-hydrogen) atoms. The Morgan fingerprint density at radius 3 is 2.40 bits per heavy atom. The lowest BCUT2D eigenvalue weighted by Crippen LogP contribution is -2.28. The van der Waals surface area contributed by atoms with E-state index in [2.05, 4.69) is 4.98 Å². The number of hydrogen-bond acceptors (Lipinski definition) is 4. The van der Waals surface area contributed by atoms with Crippen LogP contribution >= 0.6 is 0 Å². The van der Waals surface area contributed by atoms with Gasteiger partial charge in [0, 0.05) is 31.9 Å². The van der Waals surface area contributed by atoms with E-state index in [0.29, 0.717) is 11.3 Å². The van der Waals surface area contributed by atoms with Crippen LogP contribution in [0.5, 0.6) is 0 Å². The van der Waals surface area contributed by atoms with E-state index in [9.17, 15) is 13.2 Å². The fraction of sp³-hybridized carbons (Fsp3) is 0.333. The van der Waals surface area contributed by atoms with Gasteiger partial charge >= 0.3 is 0 Å². The molecule has 0 bridgehead atoms. The minimum absolute atomic E-state index is 0.0386. The van der Waals surface area contributed by atoms with Crippen molar-refractivity contribution in [2.75, 3.05) is 20.1 Å². The fourth-order valence-corrected chi connectivity index (χ4v) is 4.00.